The van der Waals surface area contributed by atoms with Crippen molar-refractivity contribution in [2.45, 2.75) is 26.2 Å². The molecule has 1 unspecified atom stereocenters. The number of aromatic carboxylic acids is 1. The average Bonchev–Trinajstić information content (AvgIpc) is 2.35. The molecule has 3 nitrogen and oxygen atoms in total. The molecule has 19 heavy (non-hydrogen) atoms. The zero-order valence-corrected chi connectivity index (χ0v) is 11.4. The summed E-state index contributed by atoms with van der Waals surface area (Å²) in [6.07, 6.45) is 2.71. The van der Waals surface area contributed by atoms with Crippen LogP contribution >= 0.6 is 11.6 Å². The maximum atomic E-state index is 11.6. The molecule has 0 saturated heterocycles. The van der Waals surface area contributed by atoms with Crippen LogP contribution < -0.4 is 0 Å². The van der Waals surface area contributed by atoms with Crippen LogP contribution in [0.4, 0.5) is 0 Å². The number of aromatic nitrogens is 1. The summed E-state index contributed by atoms with van der Waals surface area (Å²) in [5, 5.41) is 10.7. The fraction of sp³-hybridized carbons (Fsp3) is 0.333. The van der Waals surface area contributed by atoms with Gasteiger partial charge >= 0.3 is 5.97 Å². The van der Waals surface area contributed by atoms with Gasteiger partial charge in [-0.05, 0) is 48.9 Å². The summed E-state index contributed by atoms with van der Waals surface area (Å²) in [5.74, 6) is -0.385. The SMILES string of the molecule is CC1CCc2nc3ccc(Cl)cc3c(C(=O)O)c2C1. The maximum Gasteiger partial charge on any atom is 0.336 e. The van der Waals surface area contributed by atoms with E-state index < -0.39 is 5.97 Å². The monoisotopic (exact) mass is 275 g/mol. The number of pyridine rings is 1. The van der Waals surface area contributed by atoms with Crippen LogP contribution in [0, 0.1) is 5.92 Å². The Labute approximate surface area is 116 Å². The van der Waals surface area contributed by atoms with Gasteiger partial charge in [-0.2, -0.15) is 0 Å². The number of halogens is 1. The first-order chi connectivity index (χ1) is 9.06. The van der Waals surface area contributed by atoms with Crippen molar-refractivity contribution in [3.05, 3.63) is 40.0 Å². The molecule has 1 atom stereocenters. The topological polar surface area (TPSA) is 50.2 Å². The van der Waals surface area contributed by atoms with Crippen LogP contribution in [0.1, 0.15) is 35.0 Å². The quantitative estimate of drug-likeness (QED) is 0.863. The van der Waals surface area contributed by atoms with E-state index in [0.717, 1.165) is 36.0 Å². The smallest absolute Gasteiger partial charge is 0.336 e. The van der Waals surface area contributed by atoms with Crippen LogP contribution in [-0.4, -0.2) is 16.1 Å². The van der Waals surface area contributed by atoms with Crippen molar-refractivity contribution in [1.29, 1.82) is 0 Å². The average molecular weight is 276 g/mol. The Kier molecular flexibility index (Phi) is 2.94. The third-order valence-electron chi connectivity index (χ3n) is 3.77. The van der Waals surface area contributed by atoms with E-state index in [0.29, 0.717) is 21.9 Å². The molecule has 1 aromatic carbocycles. The van der Waals surface area contributed by atoms with Gasteiger partial charge in [-0.15, -0.1) is 0 Å². The number of carboxylic acids is 1. The standard InChI is InChI=1S/C15H14ClNO2/c1-8-2-4-12-10(6-8)14(15(18)19)11-7-9(16)3-5-13(11)17-12/h3,5,7-8H,2,4,6H2,1H3,(H,18,19). The number of aryl methyl sites for hydroxylation is 1. The van der Waals surface area contributed by atoms with Crippen molar-refractivity contribution in [2.24, 2.45) is 5.92 Å². The summed E-state index contributed by atoms with van der Waals surface area (Å²) in [6, 6.07) is 5.25. The lowest BCUT2D eigenvalue weighted by Crippen LogP contribution is -2.18. The van der Waals surface area contributed by atoms with Crippen molar-refractivity contribution in [3.63, 3.8) is 0 Å². The largest absolute Gasteiger partial charge is 0.478 e. The molecule has 4 heteroatoms. The van der Waals surface area contributed by atoms with Gasteiger partial charge in [-0.25, -0.2) is 4.79 Å². The molecule has 1 N–H and O–H groups in total. The van der Waals surface area contributed by atoms with E-state index in [-0.39, 0.29) is 0 Å². The number of nitrogens with zero attached hydrogens (tertiary/aromatic N) is 1. The Morgan fingerprint density at radius 3 is 3.00 bits per heavy atom. The fourth-order valence-corrected chi connectivity index (χ4v) is 3.00. The van der Waals surface area contributed by atoms with Crippen LogP contribution in [0.2, 0.25) is 5.02 Å². The Morgan fingerprint density at radius 1 is 1.47 bits per heavy atom. The zero-order chi connectivity index (χ0) is 13.6. The van der Waals surface area contributed by atoms with E-state index in [2.05, 4.69) is 11.9 Å². The molecule has 0 aliphatic heterocycles. The normalized spacial score (nSPS) is 18.3. The van der Waals surface area contributed by atoms with Crippen LogP contribution in [0.3, 0.4) is 0 Å². The number of hydrogen-bond acceptors (Lipinski definition) is 2. The Hall–Kier alpha value is -1.61. The summed E-state index contributed by atoms with van der Waals surface area (Å²) in [6.45, 7) is 2.15. The predicted octanol–water partition coefficient (Wildman–Crippen LogP) is 3.71. The summed E-state index contributed by atoms with van der Waals surface area (Å²) < 4.78 is 0. The minimum atomic E-state index is -0.889. The highest BCUT2D eigenvalue weighted by Gasteiger charge is 2.25. The van der Waals surface area contributed by atoms with E-state index in [1.165, 1.54) is 0 Å². The second-order valence-corrected chi connectivity index (χ2v) is 5.66. The number of benzene rings is 1. The molecule has 0 radical (unpaired) electrons. The molecule has 1 aliphatic carbocycles. The van der Waals surface area contributed by atoms with Gasteiger partial charge in [0.2, 0.25) is 0 Å². The first-order valence-electron chi connectivity index (χ1n) is 6.40. The van der Waals surface area contributed by atoms with Crippen molar-refractivity contribution in [2.75, 3.05) is 0 Å². The van der Waals surface area contributed by atoms with Gasteiger partial charge in [0.15, 0.2) is 0 Å². The maximum absolute atomic E-state index is 11.6. The highest BCUT2D eigenvalue weighted by molar-refractivity contribution is 6.31. The van der Waals surface area contributed by atoms with E-state index in [4.69, 9.17) is 11.6 Å². The molecular weight excluding hydrogens is 262 g/mol. The molecule has 1 aromatic heterocycles. The van der Waals surface area contributed by atoms with Crippen LogP contribution in [-0.2, 0) is 12.8 Å². The van der Waals surface area contributed by atoms with Gasteiger partial charge < -0.3 is 5.11 Å². The lowest BCUT2D eigenvalue weighted by Gasteiger charge is -2.23. The zero-order valence-electron chi connectivity index (χ0n) is 10.6. The summed E-state index contributed by atoms with van der Waals surface area (Å²) in [7, 11) is 0. The minimum absolute atomic E-state index is 0.383. The van der Waals surface area contributed by atoms with Crippen LogP contribution in [0.15, 0.2) is 18.2 Å². The van der Waals surface area contributed by atoms with Crippen molar-refractivity contribution >= 4 is 28.5 Å². The lowest BCUT2D eigenvalue weighted by molar-refractivity contribution is 0.0697. The Morgan fingerprint density at radius 2 is 2.26 bits per heavy atom. The van der Waals surface area contributed by atoms with Gasteiger partial charge in [0.1, 0.15) is 0 Å². The Balaban J connectivity index is 2.37. The molecule has 2 aromatic rings. The molecule has 1 heterocycles. The second-order valence-electron chi connectivity index (χ2n) is 5.23. The molecular formula is C15H14ClNO2. The predicted molar refractivity (Wildman–Crippen MR) is 74.9 cm³/mol. The lowest BCUT2D eigenvalue weighted by atomic mass is 9.84. The van der Waals surface area contributed by atoms with Gasteiger partial charge in [0, 0.05) is 16.1 Å². The highest BCUT2D eigenvalue weighted by Crippen LogP contribution is 2.32. The molecule has 0 saturated carbocycles. The molecule has 3 rings (SSSR count). The fourth-order valence-electron chi connectivity index (χ4n) is 2.83. The van der Waals surface area contributed by atoms with Crippen LogP contribution in [0.25, 0.3) is 10.9 Å². The number of carbonyl (C=O) groups is 1. The number of hydrogen-bond donors (Lipinski definition) is 1. The second kappa shape index (κ2) is 4.49. The van der Waals surface area contributed by atoms with Crippen LogP contribution in [0.5, 0.6) is 0 Å². The summed E-state index contributed by atoms with van der Waals surface area (Å²) in [4.78, 5) is 16.2. The third kappa shape index (κ3) is 2.08. The molecule has 0 bridgehead atoms. The summed E-state index contributed by atoms with van der Waals surface area (Å²) >= 11 is 5.99. The molecule has 0 fully saturated rings. The molecule has 1 aliphatic rings. The van der Waals surface area contributed by atoms with Gasteiger partial charge in [-0.1, -0.05) is 18.5 Å². The van der Waals surface area contributed by atoms with E-state index in [1.807, 2.05) is 0 Å². The number of rotatable bonds is 1. The van der Waals surface area contributed by atoms with E-state index in [1.54, 1.807) is 18.2 Å². The summed E-state index contributed by atoms with van der Waals surface area (Å²) in [5.41, 5.74) is 2.93. The van der Waals surface area contributed by atoms with E-state index >= 15 is 0 Å². The number of fused-ring (bicyclic) bond motifs is 2. The first kappa shape index (κ1) is 12.4. The molecule has 98 valence electrons. The first-order valence-corrected chi connectivity index (χ1v) is 6.78. The molecule has 0 amide bonds. The van der Waals surface area contributed by atoms with Crippen molar-refractivity contribution in [3.8, 4) is 0 Å². The van der Waals surface area contributed by atoms with E-state index in [9.17, 15) is 9.90 Å². The number of carboxylic acid groups (broad SMARTS) is 1. The van der Waals surface area contributed by atoms with Crippen molar-refractivity contribution in [1.82, 2.24) is 4.98 Å². The molecule has 0 spiro atoms. The van der Waals surface area contributed by atoms with Gasteiger partial charge in [0.05, 0.1) is 11.1 Å². The minimum Gasteiger partial charge on any atom is -0.478 e. The highest BCUT2D eigenvalue weighted by atomic mass is 35.5. The third-order valence-corrected chi connectivity index (χ3v) is 4.01. The van der Waals surface area contributed by atoms with Gasteiger partial charge in [0.25, 0.3) is 0 Å². The Bertz CT molecular complexity index is 681. The van der Waals surface area contributed by atoms with Gasteiger partial charge in [-0.3, -0.25) is 4.98 Å². The van der Waals surface area contributed by atoms with Crippen molar-refractivity contribution < 1.29 is 9.90 Å².